The van der Waals surface area contributed by atoms with Crippen LogP contribution in [0.4, 0.5) is 4.79 Å². The second-order valence-electron chi connectivity index (χ2n) is 18.7. The van der Waals surface area contributed by atoms with E-state index in [9.17, 15) is 14.4 Å². The van der Waals surface area contributed by atoms with Crippen molar-refractivity contribution in [3.63, 3.8) is 0 Å². The Morgan fingerprint density at radius 1 is 0.458 bits per heavy atom. The molecule has 0 saturated carbocycles. The molecule has 8 heteroatoms. The quantitative estimate of drug-likeness (QED) is 0.0371. The van der Waals surface area contributed by atoms with Crippen LogP contribution in [0.1, 0.15) is 254 Å². The number of carbonyl (C=O) groups is 3. The summed E-state index contributed by atoms with van der Waals surface area (Å²) in [6.45, 7) is 19.2. The molecule has 350 valence electrons. The largest absolute Gasteiger partial charge is 0.466 e. The minimum atomic E-state index is -0.507. The van der Waals surface area contributed by atoms with Crippen LogP contribution in [0, 0.1) is 11.8 Å². The molecule has 0 fully saturated rings. The molecule has 1 amide bonds. The molecule has 0 aliphatic carbocycles. The SMILES string of the molecule is CCCCCC(CCCCC)CCCOC(=O)CCCCCCCN(CCCCCCCC(=O)OCCCC(CCCCC)CCCCC)CCNC(=O)OC(C)(C)C. The third-order valence-corrected chi connectivity index (χ3v) is 11.7. The van der Waals surface area contributed by atoms with Crippen molar-refractivity contribution < 1.29 is 28.6 Å². The lowest BCUT2D eigenvalue weighted by Gasteiger charge is -2.24. The fourth-order valence-corrected chi connectivity index (χ4v) is 8.09. The second-order valence-corrected chi connectivity index (χ2v) is 18.7. The van der Waals surface area contributed by atoms with Crippen molar-refractivity contribution in [2.75, 3.05) is 39.4 Å². The van der Waals surface area contributed by atoms with E-state index in [2.05, 4.69) is 37.9 Å². The van der Waals surface area contributed by atoms with Crippen molar-refractivity contribution >= 4 is 18.0 Å². The molecule has 0 unspecified atom stereocenters. The van der Waals surface area contributed by atoms with Gasteiger partial charge in [0, 0.05) is 25.9 Å². The van der Waals surface area contributed by atoms with E-state index in [1.807, 2.05) is 20.8 Å². The second kappa shape index (κ2) is 41.5. The summed E-state index contributed by atoms with van der Waals surface area (Å²) in [4.78, 5) is 39.4. The summed E-state index contributed by atoms with van der Waals surface area (Å²) in [6, 6.07) is 0. The molecule has 0 spiro atoms. The number of nitrogens with one attached hydrogen (secondary N) is 1. The van der Waals surface area contributed by atoms with Gasteiger partial charge < -0.3 is 24.4 Å². The highest BCUT2D eigenvalue weighted by Gasteiger charge is 2.16. The van der Waals surface area contributed by atoms with Gasteiger partial charge in [-0.15, -0.1) is 0 Å². The number of alkyl carbamates (subject to hydrolysis) is 1. The van der Waals surface area contributed by atoms with Crippen LogP contribution in [-0.4, -0.2) is 67.9 Å². The summed E-state index contributed by atoms with van der Waals surface area (Å²) in [5.41, 5.74) is -0.507. The number of hydrogen-bond acceptors (Lipinski definition) is 7. The van der Waals surface area contributed by atoms with Gasteiger partial charge in [0.05, 0.1) is 13.2 Å². The monoisotopic (exact) mass is 837 g/mol. The number of rotatable bonds is 43. The van der Waals surface area contributed by atoms with Crippen LogP contribution in [0.2, 0.25) is 0 Å². The number of amides is 1. The van der Waals surface area contributed by atoms with Gasteiger partial charge in [-0.2, -0.15) is 0 Å². The number of carbonyl (C=O) groups excluding carboxylic acids is 3. The lowest BCUT2D eigenvalue weighted by Crippen LogP contribution is -2.38. The van der Waals surface area contributed by atoms with E-state index in [0.29, 0.717) is 32.6 Å². The highest BCUT2D eigenvalue weighted by molar-refractivity contribution is 5.69. The lowest BCUT2D eigenvalue weighted by atomic mass is 9.91. The molecular weight excluding hydrogens is 737 g/mol. The topological polar surface area (TPSA) is 94.2 Å². The zero-order valence-electron chi connectivity index (χ0n) is 40.4. The molecule has 0 aliphatic heterocycles. The van der Waals surface area contributed by atoms with Gasteiger partial charge in [0.25, 0.3) is 0 Å². The fraction of sp³-hybridized carbons (Fsp3) is 0.941. The van der Waals surface area contributed by atoms with Crippen molar-refractivity contribution in [3.05, 3.63) is 0 Å². The normalized spacial score (nSPS) is 11.8. The molecule has 0 radical (unpaired) electrons. The number of unbranched alkanes of at least 4 members (excludes halogenated alkanes) is 16. The molecule has 1 N–H and O–H groups in total. The average molecular weight is 837 g/mol. The molecule has 0 rings (SSSR count). The Bertz CT molecular complexity index is 875. The van der Waals surface area contributed by atoms with Crippen molar-refractivity contribution in [3.8, 4) is 0 Å². The van der Waals surface area contributed by atoms with Gasteiger partial charge in [-0.3, -0.25) is 9.59 Å². The fourth-order valence-electron chi connectivity index (χ4n) is 8.09. The van der Waals surface area contributed by atoms with Gasteiger partial charge in [0.1, 0.15) is 5.60 Å². The van der Waals surface area contributed by atoms with Gasteiger partial charge in [0.15, 0.2) is 0 Å². The standard InChI is InChI=1S/C51H100N2O6/c1-8-12-22-32-46(33-23-13-9-2)36-30-44-57-48(54)38-26-18-16-20-28-41-53(43-40-52-50(56)59-51(5,6)7)42-29-21-17-19-27-39-49(55)58-45-31-37-47(34-24-14-10-3)35-25-15-11-4/h46-47H,8-45H2,1-7H3,(H,52,56). The van der Waals surface area contributed by atoms with E-state index < -0.39 is 5.60 Å². The zero-order chi connectivity index (χ0) is 43.7. The van der Waals surface area contributed by atoms with E-state index in [-0.39, 0.29) is 18.0 Å². The van der Waals surface area contributed by atoms with Crippen molar-refractivity contribution in [1.82, 2.24) is 10.2 Å². The molecule has 0 aromatic heterocycles. The van der Waals surface area contributed by atoms with Gasteiger partial charge in [-0.05, 0) is 97.1 Å². The molecule has 0 atom stereocenters. The Hall–Kier alpha value is -1.83. The number of nitrogens with zero attached hydrogens (tertiary/aromatic N) is 1. The highest BCUT2D eigenvalue weighted by atomic mass is 16.6. The maximum Gasteiger partial charge on any atom is 0.407 e. The Labute approximate surface area is 366 Å². The lowest BCUT2D eigenvalue weighted by molar-refractivity contribution is -0.144. The molecule has 0 saturated heterocycles. The third kappa shape index (κ3) is 41.3. The molecule has 0 aromatic carbocycles. The first-order valence-electron chi connectivity index (χ1n) is 25.5. The van der Waals surface area contributed by atoms with Crippen LogP contribution in [-0.2, 0) is 23.8 Å². The van der Waals surface area contributed by atoms with Crippen LogP contribution in [0.3, 0.4) is 0 Å². The zero-order valence-corrected chi connectivity index (χ0v) is 40.4. The number of hydrogen-bond donors (Lipinski definition) is 1. The summed E-state index contributed by atoms with van der Waals surface area (Å²) < 4.78 is 16.6. The van der Waals surface area contributed by atoms with Crippen LogP contribution in [0.5, 0.6) is 0 Å². The van der Waals surface area contributed by atoms with Crippen molar-refractivity contribution in [2.24, 2.45) is 11.8 Å². The van der Waals surface area contributed by atoms with Crippen LogP contribution in [0.15, 0.2) is 0 Å². The summed E-state index contributed by atoms with van der Waals surface area (Å²) >= 11 is 0. The van der Waals surface area contributed by atoms with Crippen LogP contribution < -0.4 is 5.32 Å². The van der Waals surface area contributed by atoms with Crippen molar-refractivity contribution in [2.45, 2.75) is 260 Å². The van der Waals surface area contributed by atoms with Gasteiger partial charge in [0.2, 0.25) is 0 Å². The molecule has 0 bridgehead atoms. The Morgan fingerprint density at radius 2 is 0.814 bits per heavy atom. The Balaban J connectivity index is 4.34. The minimum Gasteiger partial charge on any atom is -0.466 e. The maximum absolute atomic E-state index is 12.4. The molecule has 0 aliphatic rings. The van der Waals surface area contributed by atoms with Crippen LogP contribution in [0.25, 0.3) is 0 Å². The summed E-state index contributed by atoms with van der Waals surface area (Å²) in [5.74, 6) is 1.50. The smallest absolute Gasteiger partial charge is 0.407 e. The maximum atomic E-state index is 12.4. The molecular formula is C51H100N2O6. The molecule has 8 nitrogen and oxygen atoms in total. The van der Waals surface area contributed by atoms with E-state index in [1.165, 1.54) is 116 Å². The van der Waals surface area contributed by atoms with Crippen LogP contribution >= 0.6 is 0 Å². The molecule has 0 aromatic rings. The number of esters is 2. The van der Waals surface area contributed by atoms with E-state index >= 15 is 0 Å². The summed E-state index contributed by atoms with van der Waals surface area (Å²) in [7, 11) is 0. The Kier molecular flexibility index (Phi) is 40.2. The number of ether oxygens (including phenoxy) is 3. The van der Waals surface area contributed by atoms with E-state index in [1.54, 1.807) is 0 Å². The first-order chi connectivity index (χ1) is 28.5. The Morgan fingerprint density at radius 3 is 1.19 bits per heavy atom. The molecule has 59 heavy (non-hydrogen) atoms. The predicted molar refractivity (Wildman–Crippen MR) is 250 cm³/mol. The highest BCUT2D eigenvalue weighted by Crippen LogP contribution is 2.24. The van der Waals surface area contributed by atoms with E-state index in [0.717, 1.165) is 109 Å². The van der Waals surface area contributed by atoms with Crippen molar-refractivity contribution in [1.29, 1.82) is 0 Å². The minimum absolute atomic E-state index is 0.0352. The summed E-state index contributed by atoms with van der Waals surface area (Å²) in [5, 5.41) is 2.92. The predicted octanol–water partition coefficient (Wildman–Crippen LogP) is 14.7. The molecule has 0 heterocycles. The van der Waals surface area contributed by atoms with Gasteiger partial charge in [-0.25, -0.2) is 4.79 Å². The summed E-state index contributed by atoms with van der Waals surface area (Å²) in [6.07, 6.45) is 36.7. The van der Waals surface area contributed by atoms with Gasteiger partial charge in [-0.1, -0.05) is 169 Å². The third-order valence-electron chi connectivity index (χ3n) is 11.7. The first-order valence-corrected chi connectivity index (χ1v) is 25.5. The first kappa shape index (κ1) is 57.2. The average Bonchev–Trinajstić information content (AvgIpc) is 3.19. The van der Waals surface area contributed by atoms with E-state index in [4.69, 9.17) is 14.2 Å². The van der Waals surface area contributed by atoms with Gasteiger partial charge >= 0.3 is 18.0 Å².